The molecular formula is C46H43ClN6O5. The van der Waals surface area contributed by atoms with E-state index in [1.165, 1.54) is 12.3 Å². The van der Waals surface area contributed by atoms with E-state index in [-0.39, 0.29) is 24.0 Å². The lowest BCUT2D eigenvalue weighted by Crippen LogP contribution is -2.10. The van der Waals surface area contributed by atoms with E-state index in [1.807, 2.05) is 109 Å². The minimum absolute atomic E-state index is 0. The van der Waals surface area contributed by atoms with Crippen LogP contribution in [-0.4, -0.2) is 60.0 Å². The minimum Gasteiger partial charge on any atom is -0.497 e. The van der Waals surface area contributed by atoms with Crippen molar-refractivity contribution in [3.05, 3.63) is 175 Å². The number of carbonyl (C=O) groups is 1. The van der Waals surface area contributed by atoms with E-state index in [1.54, 1.807) is 71.3 Å². The number of hydrogen-bond acceptors (Lipinski definition) is 10. The number of nitrogen functional groups attached to an aromatic ring is 1. The Morgan fingerprint density at radius 1 is 0.603 bits per heavy atom. The van der Waals surface area contributed by atoms with Crippen molar-refractivity contribution >= 4 is 30.1 Å². The normalized spacial score (nSPS) is 10.1. The van der Waals surface area contributed by atoms with Gasteiger partial charge in [0.05, 0.1) is 39.8 Å². The highest BCUT2D eigenvalue weighted by atomic mass is 35.5. The predicted molar refractivity (Wildman–Crippen MR) is 231 cm³/mol. The van der Waals surface area contributed by atoms with Gasteiger partial charge in [-0.3, -0.25) is 20.2 Å². The van der Waals surface area contributed by atoms with Crippen molar-refractivity contribution in [3.8, 4) is 56.9 Å². The fourth-order valence-corrected chi connectivity index (χ4v) is 5.32. The zero-order valence-corrected chi connectivity index (χ0v) is 33.2. The SMILES string of the molecule is COc1ccc(-c2cc(-c3cccnc3)nc(-c3ccccc3)n2)c(OC)c1.COc1ccc(/C=C/C(=O)c2cccnc2)c(OC)c1.Cl.N=C(N)c1ccccc1. The maximum absolute atomic E-state index is 11.9. The van der Waals surface area contributed by atoms with E-state index < -0.39 is 0 Å². The molecule has 0 unspecified atom stereocenters. The monoisotopic (exact) mass is 794 g/mol. The van der Waals surface area contributed by atoms with Crippen LogP contribution in [0, 0.1) is 5.41 Å². The maximum atomic E-state index is 11.9. The van der Waals surface area contributed by atoms with E-state index >= 15 is 0 Å². The average molecular weight is 795 g/mol. The number of carbonyl (C=O) groups excluding carboxylic acids is 1. The number of nitrogens with zero attached hydrogens (tertiary/aromatic N) is 4. The Hall–Kier alpha value is -7.37. The Bertz CT molecular complexity index is 2340. The second-order valence-corrected chi connectivity index (χ2v) is 12.0. The highest BCUT2D eigenvalue weighted by Crippen LogP contribution is 2.35. The fourth-order valence-electron chi connectivity index (χ4n) is 5.32. The largest absolute Gasteiger partial charge is 0.497 e. The zero-order valence-electron chi connectivity index (χ0n) is 32.4. The zero-order chi connectivity index (χ0) is 40.4. The molecule has 0 aliphatic carbocycles. The summed E-state index contributed by atoms with van der Waals surface area (Å²) >= 11 is 0. The van der Waals surface area contributed by atoms with Crippen molar-refractivity contribution in [2.24, 2.45) is 5.73 Å². The number of nitrogens with two attached hydrogens (primary N) is 1. The Kier molecular flexibility index (Phi) is 16.6. The van der Waals surface area contributed by atoms with Crippen molar-refractivity contribution in [1.29, 1.82) is 5.41 Å². The third kappa shape index (κ3) is 12.1. The molecule has 3 N–H and O–H groups in total. The highest BCUT2D eigenvalue weighted by molar-refractivity contribution is 6.06. The lowest BCUT2D eigenvalue weighted by molar-refractivity contribution is 0.104. The van der Waals surface area contributed by atoms with Gasteiger partial charge in [-0.1, -0.05) is 60.7 Å². The number of pyridine rings is 2. The Morgan fingerprint density at radius 2 is 1.17 bits per heavy atom. The molecule has 58 heavy (non-hydrogen) atoms. The molecule has 7 aromatic rings. The molecule has 0 atom stereocenters. The number of hydrogen-bond donors (Lipinski definition) is 2. The van der Waals surface area contributed by atoms with Gasteiger partial charge >= 0.3 is 0 Å². The van der Waals surface area contributed by atoms with Crippen molar-refractivity contribution < 1.29 is 23.7 Å². The van der Waals surface area contributed by atoms with Crippen LogP contribution < -0.4 is 24.7 Å². The molecule has 0 saturated carbocycles. The van der Waals surface area contributed by atoms with Gasteiger partial charge in [-0.15, -0.1) is 12.4 Å². The first kappa shape index (κ1) is 43.4. The second-order valence-electron chi connectivity index (χ2n) is 12.0. The number of benzene rings is 4. The Labute approximate surface area is 344 Å². The van der Waals surface area contributed by atoms with Crippen LogP contribution in [0.15, 0.2) is 158 Å². The van der Waals surface area contributed by atoms with E-state index in [2.05, 4.69) is 9.97 Å². The molecule has 0 bridgehead atoms. The second kappa shape index (κ2) is 22.2. The molecule has 12 heteroatoms. The van der Waals surface area contributed by atoms with Crippen molar-refractivity contribution in [1.82, 2.24) is 19.9 Å². The summed E-state index contributed by atoms with van der Waals surface area (Å²) in [6.45, 7) is 0. The fraction of sp³-hybridized carbons (Fsp3) is 0.0870. The molecule has 11 nitrogen and oxygen atoms in total. The molecule has 0 amide bonds. The third-order valence-corrected chi connectivity index (χ3v) is 8.29. The molecule has 3 aromatic heterocycles. The van der Waals surface area contributed by atoms with Gasteiger partial charge in [0, 0.05) is 70.3 Å². The summed E-state index contributed by atoms with van der Waals surface area (Å²) in [5, 5.41) is 7.01. The molecule has 0 saturated heterocycles. The number of amidine groups is 1. The first-order chi connectivity index (χ1) is 27.8. The van der Waals surface area contributed by atoms with Gasteiger partial charge in [-0.2, -0.15) is 0 Å². The predicted octanol–water partition coefficient (Wildman–Crippen LogP) is 9.28. The van der Waals surface area contributed by atoms with Crippen LogP contribution in [0.25, 0.3) is 40.0 Å². The number of aromatic nitrogens is 4. The highest BCUT2D eigenvalue weighted by Gasteiger charge is 2.14. The third-order valence-electron chi connectivity index (χ3n) is 8.29. The van der Waals surface area contributed by atoms with E-state index in [0.717, 1.165) is 45.0 Å². The van der Waals surface area contributed by atoms with Crippen LogP contribution in [0.3, 0.4) is 0 Å². The van der Waals surface area contributed by atoms with E-state index in [0.29, 0.717) is 28.6 Å². The molecular weight excluding hydrogens is 752 g/mol. The molecule has 0 radical (unpaired) electrons. The molecule has 0 spiro atoms. The smallest absolute Gasteiger partial charge is 0.187 e. The van der Waals surface area contributed by atoms with Crippen LogP contribution in [0.5, 0.6) is 23.0 Å². The number of methoxy groups -OCH3 is 4. The van der Waals surface area contributed by atoms with Gasteiger partial charge in [0.2, 0.25) is 0 Å². The summed E-state index contributed by atoms with van der Waals surface area (Å²) < 4.78 is 21.3. The van der Waals surface area contributed by atoms with Gasteiger partial charge in [-0.05, 0) is 66.7 Å². The molecule has 0 aliphatic heterocycles. The van der Waals surface area contributed by atoms with Crippen LogP contribution in [0.1, 0.15) is 21.5 Å². The van der Waals surface area contributed by atoms with Gasteiger partial charge < -0.3 is 24.7 Å². The van der Waals surface area contributed by atoms with Crippen LogP contribution in [0.2, 0.25) is 0 Å². The van der Waals surface area contributed by atoms with Gasteiger partial charge in [0.1, 0.15) is 28.8 Å². The Morgan fingerprint density at radius 3 is 1.74 bits per heavy atom. The summed E-state index contributed by atoms with van der Waals surface area (Å²) in [6.07, 6.45) is 9.93. The van der Waals surface area contributed by atoms with Crippen LogP contribution in [-0.2, 0) is 0 Å². The molecule has 0 aliphatic rings. The molecule has 294 valence electrons. The first-order valence-corrected chi connectivity index (χ1v) is 17.6. The molecule has 0 fully saturated rings. The topological polar surface area (TPSA) is 155 Å². The number of ether oxygens (including phenoxy) is 4. The maximum Gasteiger partial charge on any atom is 0.187 e. The minimum atomic E-state index is -0.101. The summed E-state index contributed by atoms with van der Waals surface area (Å²) in [6, 6.07) is 39.6. The Balaban J connectivity index is 0.000000216. The van der Waals surface area contributed by atoms with Crippen LogP contribution in [0.4, 0.5) is 0 Å². The molecule has 3 heterocycles. The summed E-state index contributed by atoms with van der Waals surface area (Å²) in [5.74, 6) is 3.44. The van der Waals surface area contributed by atoms with Crippen molar-refractivity contribution in [2.75, 3.05) is 28.4 Å². The van der Waals surface area contributed by atoms with Gasteiger partial charge in [0.25, 0.3) is 0 Å². The number of ketones is 1. The van der Waals surface area contributed by atoms with E-state index in [4.69, 9.17) is 40.1 Å². The molecule has 7 rings (SSSR count). The number of allylic oxidation sites excluding steroid dienone is 1. The average Bonchev–Trinajstić information content (AvgIpc) is 3.29. The lowest BCUT2D eigenvalue weighted by atomic mass is 10.1. The van der Waals surface area contributed by atoms with Gasteiger partial charge in [-0.25, -0.2) is 9.97 Å². The lowest BCUT2D eigenvalue weighted by Gasteiger charge is -2.12. The van der Waals surface area contributed by atoms with Crippen molar-refractivity contribution in [3.63, 3.8) is 0 Å². The number of nitrogens with one attached hydrogen (secondary N) is 1. The number of halogens is 1. The van der Waals surface area contributed by atoms with Crippen molar-refractivity contribution in [2.45, 2.75) is 0 Å². The summed E-state index contributed by atoms with van der Waals surface area (Å²) in [4.78, 5) is 29.7. The standard InChI is InChI=1S/C23H19N3O2.C16H15NO3.C7H8N2.ClH/c1-27-18-10-11-19(22(13-18)28-2)21-14-20(17-9-6-12-24-15-17)25-23(26-21)16-7-4-3-5-8-16;1-19-14-7-5-12(16(10-14)20-2)6-8-15(18)13-4-3-9-17-11-13;8-7(9)6-4-2-1-3-5-6;/h3-15H,1-2H3;3-11H,1-2H3;1-5H,(H3,8,9);1H/b;8-6+;;. The summed E-state index contributed by atoms with van der Waals surface area (Å²) in [5.41, 5.74) is 11.6. The quantitative estimate of drug-likeness (QED) is 0.0560. The van der Waals surface area contributed by atoms with E-state index in [9.17, 15) is 4.79 Å². The summed E-state index contributed by atoms with van der Waals surface area (Å²) in [7, 11) is 6.44. The molecule has 4 aromatic carbocycles. The van der Waals surface area contributed by atoms with Gasteiger partial charge in [0.15, 0.2) is 11.6 Å². The number of rotatable bonds is 11. The van der Waals surface area contributed by atoms with Crippen LogP contribution >= 0.6 is 12.4 Å². The first-order valence-electron chi connectivity index (χ1n) is 17.6.